The van der Waals surface area contributed by atoms with Crippen LogP contribution in [0.5, 0.6) is 0 Å². The molecule has 6 atom stereocenters. The first-order valence-corrected chi connectivity index (χ1v) is 6.58. The summed E-state index contributed by atoms with van der Waals surface area (Å²) < 4.78 is 11.7. The third-order valence-electron chi connectivity index (χ3n) is 3.85. The first-order chi connectivity index (χ1) is 10.4. The number of nitrogens with zero attached hydrogens (tertiary/aromatic N) is 1. The van der Waals surface area contributed by atoms with E-state index in [9.17, 15) is 24.6 Å². The number of aromatic nitrogens is 2. The molecule has 2 fully saturated rings. The number of rotatable bonds is 3. The minimum atomic E-state index is -1.37. The highest BCUT2D eigenvalue weighted by atomic mass is 16.6. The molecule has 2 saturated heterocycles. The number of carbonyl (C=O) groups excluding carboxylic acids is 1. The van der Waals surface area contributed by atoms with Gasteiger partial charge < -0.3 is 29.8 Å². The number of carboxylic acid groups (broad SMARTS) is 1. The van der Waals surface area contributed by atoms with E-state index in [1.807, 2.05) is 0 Å². The summed E-state index contributed by atoms with van der Waals surface area (Å²) in [5, 5.41) is 29.2. The van der Waals surface area contributed by atoms with Gasteiger partial charge in [-0.3, -0.25) is 9.36 Å². The first-order valence-electron chi connectivity index (χ1n) is 6.58. The molecule has 0 radical (unpaired) electrons. The van der Waals surface area contributed by atoms with E-state index in [0.717, 1.165) is 4.57 Å². The Morgan fingerprint density at radius 3 is 2.68 bits per heavy atom. The number of aliphatic hydroxyl groups excluding tert-OH is 2. The fourth-order valence-corrected chi connectivity index (χ4v) is 2.81. The summed E-state index contributed by atoms with van der Waals surface area (Å²) in [5.74, 6) is -1.25. The van der Waals surface area contributed by atoms with Gasteiger partial charge in [0.15, 0.2) is 18.6 Å². The third-order valence-corrected chi connectivity index (χ3v) is 3.85. The fourth-order valence-electron chi connectivity index (χ4n) is 2.81. The number of fused-ring (bicyclic) bond motifs is 1. The van der Waals surface area contributed by atoms with Crippen molar-refractivity contribution in [2.24, 2.45) is 0 Å². The normalized spacial score (nSPS) is 37.7. The molecule has 0 bridgehead atoms. The van der Waals surface area contributed by atoms with E-state index in [4.69, 9.17) is 14.6 Å². The summed E-state index contributed by atoms with van der Waals surface area (Å²) in [6.45, 7) is 0. The molecule has 10 heteroatoms. The van der Waals surface area contributed by atoms with Gasteiger partial charge in [0, 0.05) is 12.6 Å². The lowest BCUT2D eigenvalue weighted by Crippen LogP contribution is -2.51. The summed E-state index contributed by atoms with van der Waals surface area (Å²) in [4.78, 5) is 35.7. The summed E-state index contributed by atoms with van der Waals surface area (Å²) in [7, 11) is 0. The van der Waals surface area contributed by atoms with E-state index in [1.165, 1.54) is 6.20 Å². The number of hydrogen-bond acceptors (Lipinski definition) is 7. The van der Waals surface area contributed by atoms with E-state index >= 15 is 0 Å². The molecule has 3 heterocycles. The second-order valence-electron chi connectivity index (χ2n) is 5.25. The minimum Gasteiger partial charge on any atom is -0.479 e. The average molecular weight is 314 g/mol. The molecule has 0 aliphatic carbocycles. The van der Waals surface area contributed by atoms with Crippen LogP contribution in [0.4, 0.5) is 0 Å². The Kier molecular flexibility index (Phi) is 3.60. The molecule has 0 saturated carbocycles. The van der Waals surface area contributed by atoms with Crippen LogP contribution in [0.2, 0.25) is 0 Å². The summed E-state index contributed by atoms with van der Waals surface area (Å²) in [5.41, 5.74) is -0.672. The third kappa shape index (κ3) is 2.25. The zero-order valence-corrected chi connectivity index (χ0v) is 11.2. The van der Waals surface area contributed by atoms with E-state index in [1.54, 1.807) is 0 Å². The Labute approximate surface area is 122 Å². The number of nitrogens with one attached hydrogen (secondary N) is 1. The molecule has 2 aliphatic rings. The van der Waals surface area contributed by atoms with Crippen molar-refractivity contribution in [2.75, 3.05) is 0 Å². The van der Waals surface area contributed by atoms with Crippen LogP contribution in [0.15, 0.2) is 11.0 Å². The SMILES string of the molecule is O=Cc1cn(C2OC3C(O)CC(C(=O)O)OC3C2O)c(=O)[nH]1. The summed E-state index contributed by atoms with van der Waals surface area (Å²) >= 11 is 0. The van der Waals surface area contributed by atoms with Crippen LogP contribution in [0.1, 0.15) is 23.1 Å². The van der Waals surface area contributed by atoms with Crippen LogP contribution < -0.4 is 5.69 Å². The van der Waals surface area contributed by atoms with E-state index in [-0.39, 0.29) is 12.1 Å². The zero-order valence-electron chi connectivity index (χ0n) is 11.2. The number of carboxylic acids is 1. The van der Waals surface area contributed by atoms with Gasteiger partial charge in [0.25, 0.3) is 0 Å². The monoisotopic (exact) mass is 314 g/mol. The Balaban J connectivity index is 1.88. The number of aliphatic hydroxyl groups is 2. The fraction of sp³-hybridized carbons (Fsp3) is 0.583. The molecule has 10 nitrogen and oxygen atoms in total. The Morgan fingerprint density at radius 2 is 2.09 bits per heavy atom. The number of ether oxygens (including phenoxy) is 2. The molecular formula is C12H14N2O8. The molecule has 0 aromatic carbocycles. The van der Waals surface area contributed by atoms with Crippen LogP contribution in [0, 0.1) is 0 Å². The van der Waals surface area contributed by atoms with Crippen molar-refractivity contribution >= 4 is 12.3 Å². The van der Waals surface area contributed by atoms with Gasteiger partial charge in [-0.2, -0.15) is 0 Å². The van der Waals surface area contributed by atoms with Crippen molar-refractivity contribution < 1.29 is 34.4 Å². The lowest BCUT2D eigenvalue weighted by molar-refractivity contribution is -0.187. The Hall–Kier alpha value is -2.01. The van der Waals surface area contributed by atoms with Crippen molar-refractivity contribution in [3.05, 3.63) is 22.4 Å². The van der Waals surface area contributed by atoms with Crippen LogP contribution in [-0.2, 0) is 14.3 Å². The van der Waals surface area contributed by atoms with Gasteiger partial charge in [0.05, 0.1) is 11.8 Å². The predicted molar refractivity (Wildman–Crippen MR) is 67.3 cm³/mol. The van der Waals surface area contributed by atoms with Crippen molar-refractivity contribution in [1.82, 2.24) is 9.55 Å². The number of aliphatic carboxylic acids is 1. The highest BCUT2D eigenvalue weighted by Gasteiger charge is 2.53. The molecule has 0 spiro atoms. The minimum absolute atomic E-state index is 0.000510. The smallest absolute Gasteiger partial charge is 0.332 e. The highest BCUT2D eigenvalue weighted by molar-refractivity contribution is 5.72. The number of H-pyrrole nitrogens is 1. The molecule has 1 aromatic heterocycles. The highest BCUT2D eigenvalue weighted by Crippen LogP contribution is 2.37. The van der Waals surface area contributed by atoms with Crippen LogP contribution >= 0.6 is 0 Å². The van der Waals surface area contributed by atoms with E-state index in [0.29, 0.717) is 6.29 Å². The quantitative estimate of drug-likeness (QED) is 0.461. The van der Waals surface area contributed by atoms with Crippen LogP contribution in [-0.4, -0.2) is 67.6 Å². The lowest BCUT2D eigenvalue weighted by Gasteiger charge is -2.33. The van der Waals surface area contributed by atoms with Crippen molar-refractivity contribution in [2.45, 2.75) is 43.2 Å². The molecule has 4 N–H and O–H groups in total. The second-order valence-corrected chi connectivity index (χ2v) is 5.25. The molecular weight excluding hydrogens is 300 g/mol. The molecule has 0 amide bonds. The maximum Gasteiger partial charge on any atom is 0.332 e. The van der Waals surface area contributed by atoms with Gasteiger partial charge >= 0.3 is 11.7 Å². The number of imidazole rings is 1. The molecule has 120 valence electrons. The summed E-state index contributed by atoms with van der Waals surface area (Å²) in [6, 6.07) is 0. The molecule has 2 aliphatic heterocycles. The van der Waals surface area contributed by atoms with Gasteiger partial charge in [0.2, 0.25) is 0 Å². The van der Waals surface area contributed by atoms with E-state index < -0.39 is 48.4 Å². The van der Waals surface area contributed by atoms with Gasteiger partial charge in [-0.05, 0) is 0 Å². The molecule has 22 heavy (non-hydrogen) atoms. The number of aromatic amines is 1. The number of carbonyl (C=O) groups is 2. The zero-order chi connectivity index (χ0) is 16.0. The van der Waals surface area contributed by atoms with Crippen molar-refractivity contribution in [3.63, 3.8) is 0 Å². The van der Waals surface area contributed by atoms with Crippen LogP contribution in [0.25, 0.3) is 0 Å². The maximum atomic E-state index is 11.8. The second kappa shape index (κ2) is 5.32. The summed E-state index contributed by atoms with van der Waals surface area (Å²) in [6.07, 6.45) is -5.60. The van der Waals surface area contributed by atoms with Gasteiger partial charge in [-0.25, -0.2) is 9.59 Å². The molecule has 3 rings (SSSR count). The van der Waals surface area contributed by atoms with Crippen molar-refractivity contribution in [3.8, 4) is 0 Å². The number of hydrogen-bond donors (Lipinski definition) is 4. The lowest BCUT2D eigenvalue weighted by atomic mass is 9.96. The number of aldehydes is 1. The predicted octanol–water partition coefficient (Wildman–Crippen LogP) is -2.15. The standard InChI is InChI=1S/C12H14N2O8/c15-3-4-2-14(12(20)13-4)10-7(17)9-8(22-10)5(16)1-6(21-9)11(18)19/h2-3,5-10,16-17H,1H2,(H,13,20)(H,18,19). The topological polar surface area (TPSA) is 151 Å². The first kappa shape index (κ1) is 14.9. The maximum absolute atomic E-state index is 11.8. The van der Waals surface area contributed by atoms with Gasteiger partial charge in [-0.1, -0.05) is 0 Å². The Morgan fingerprint density at radius 1 is 1.36 bits per heavy atom. The Bertz CT molecular complexity index is 652. The van der Waals surface area contributed by atoms with Crippen molar-refractivity contribution in [1.29, 1.82) is 0 Å². The average Bonchev–Trinajstić information content (AvgIpc) is 3.00. The van der Waals surface area contributed by atoms with Gasteiger partial charge in [0.1, 0.15) is 18.3 Å². The van der Waals surface area contributed by atoms with E-state index in [2.05, 4.69) is 4.98 Å². The van der Waals surface area contributed by atoms with Gasteiger partial charge in [-0.15, -0.1) is 0 Å². The largest absolute Gasteiger partial charge is 0.479 e. The molecule has 1 aromatic rings. The van der Waals surface area contributed by atoms with Crippen LogP contribution in [0.3, 0.4) is 0 Å². The molecule has 6 unspecified atom stereocenters.